The zero-order valence-electron chi connectivity index (χ0n) is 19.0. The van der Waals surface area contributed by atoms with E-state index in [2.05, 4.69) is 0 Å². The zero-order valence-corrected chi connectivity index (χ0v) is 19.0. The van der Waals surface area contributed by atoms with Crippen molar-refractivity contribution < 1.29 is 33.6 Å². The minimum absolute atomic E-state index is 0.0112. The standard InChI is InChI=1S/C27H26O7/c1-31-23-14-10-21(16-24(23)32-2)17-25(27(29)30)34-26(28)15-11-19-8-12-22(13-9-19)33-18-20-6-4-3-5-7-20/h3-16,25H,17-18H2,1-2H3,(H,29,30)/b15-11+. The topological polar surface area (TPSA) is 91.3 Å². The Balaban J connectivity index is 1.56. The molecule has 7 nitrogen and oxygen atoms in total. The molecule has 1 atom stereocenters. The molecule has 0 aliphatic heterocycles. The summed E-state index contributed by atoms with van der Waals surface area (Å²) in [6, 6.07) is 22.0. The van der Waals surface area contributed by atoms with Crippen LogP contribution in [0.5, 0.6) is 17.2 Å². The molecule has 0 aliphatic rings. The molecule has 0 amide bonds. The van der Waals surface area contributed by atoms with Gasteiger partial charge in [0, 0.05) is 12.5 Å². The summed E-state index contributed by atoms with van der Waals surface area (Å²) in [6.45, 7) is 0.457. The Hall–Kier alpha value is -4.26. The number of hydrogen-bond donors (Lipinski definition) is 1. The lowest BCUT2D eigenvalue weighted by molar-refractivity contribution is -0.160. The van der Waals surface area contributed by atoms with Crippen LogP contribution in [0.25, 0.3) is 6.08 Å². The summed E-state index contributed by atoms with van der Waals surface area (Å²) < 4.78 is 21.3. The van der Waals surface area contributed by atoms with Gasteiger partial charge in [0.2, 0.25) is 6.10 Å². The third-order valence-corrected chi connectivity index (χ3v) is 4.94. The molecule has 0 spiro atoms. The molecule has 1 N–H and O–H groups in total. The number of methoxy groups -OCH3 is 2. The number of aliphatic carboxylic acids is 1. The van der Waals surface area contributed by atoms with Crippen molar-refractivity contribution in [1.29, 1.82) is 0 Å². The molecule has 176 valence electrons. The maximum absolute atomic E-state index is 12.2. The number of ether oxygens (including phenoxy) is 4. The molecular formula is C27H26O7. The van der Waals surface area contributed by atoms with Crippen LogP contribution in [0.4, 0.5) is 0 Å². The maximum Gasteiger partial charge on any atom is 0.345 e. The van der Waals surface area contributed by atoms with Crippen molar-refractivity contribution in [3.63, 3.8) is 0 Å². The Kier molecular flexibility index (Phi) is 8.68. The summed E-state index contributed by atoms with van der Waals surface area (Å²) in [5, 5.41) is 9.49. The molecule has 3 aromatic carbocycles. The van der Waals surface area contributed by atoms with Crippen molar-refractivity contribution >= 4 is 18.0 Å². The van der Waals surface area contributed by atoms with Crippen LogP contribution in [0.3, 0.4) is 0 Å². The van der Waals surface area contributed by atoms with Crippen LogP contribution in [-0.2, 0) is 27.4 Å². The molecule has 7 heteroatoms. The lowest BCUT2D eigenvalue weighted by Gasteiger charge is -2.14. The lowest BCUT2D eigenvalue weighted by atomic mass is 10.1. The number of benzene rings is 3. The zero-order chi connectivity index (χ0) is 24.3. The second-order valence-corrected chi connectivity index (χ2v) is 7.33. The molecule has 34 heavy (non-hydrogen) atoms. The molecule has 0 radical (unpaired) electrons. The van der Waals surface area contributed by atoms with E-state index in [0.717, 1.165) is 11.1 Å². The Morgan fingerprint density at radius 3 is 2.24 bits per heavy atom. The van der Waals surface area contributed by atoms with Crippen LogP contribution in [0.15, 0.2) is 78.9 Å². The largest absolute Gasteiger partial charge is 0.493 e. The van der Waals surface area contributed by atoms with Crippen LogP contribution >= 0.6 is 0 Å². The summed E-state index contributed by atoms with van der Waals surface area (Å²) in [6.07, 6.45) is 1.40. The first-order valence-corrected chi connectivity index (χ1v) is 10.6. The second-order valence-electron chi connectivity index (χ2n) is 7.33. The summed E-state index contributed by atoms with van der Waals surface area (Å²) in [5.41, 5.74) is 2.44. The van der Waals surface area contributed by atoms with Gasteiger partial charge in [-0.15, -0.1) is 0 Å². The molecule has 0 aromatic heterocycles. The van der Waals surface area contributed by atoms with Gasteiger partial charge in [-0.2, -0.15) is 0 Å². The highest BCUT2D eigenvalue weighted by molar-refractivity contribution is 5.89. The van der Waals surface area contributed by atoms with Gasteiger partial charge in [-0.05, 0) is 47.0 Å². The third kappa shape index (κ3) is 7.13. The Morgan fingerprint density at radius 1 is 0.882 bits per heavy atom. The van der Waals surface area contributed by atoms with Gasteiger partial charge >= 0.3 is 11.9 Å². The highest BCUT2D eigenvalue weighted by atomic mass is 16.6. The quantitative estimate of drug-likeness (QED) is 0.331. The van der Waals surface area contributed by atoms with Crippen molar-refractivity contribution in [3.8, 4) is 17.2 Å². The van der Waals surface area contributed by atoms with Crippen LogP contribution < -0.4 is 14.2 Å². The van der Waals surface area contributed by atoms with Crippen molar-refractivity contribution in [2.75, 3.05) is 14.2 Å². The molecule has 0 heterocycles. The first-order valence-electron chi connectivity index (χ1n) is 10.6. The highest BCUT2D eigenvalue weighted by Crippen LogP contribution is 2.28. The fraction of sp³-hybridized carbons (Fsp3) is 0.185. The van der Waals surface area contributed by atoms with E-state index >= 15 is 0 Å². The van der Waals surface area contributed by atoms with E-state index in [9.17, 15) is 14.7 Å². The number of carbonyl (C=O) groups is 2. The van der Waals surface area contributed by atoms with Crippen LogP contribution in [0.2, 0.25) is 0 Å². The van der Waals surface area contributed by atoms with Crippen molar-refractivity contribution in [1.82, 2.24) is 0 Å². The molecule has 0 saturated heterocycles. The summed E-state index contributed by atoms with van der Waals surface area (Å²) in [7, 11) is 3.00. The average molecular weight is 462 g/mol. The van der Waals surface area contributed by atoms with E-state index in [0.29, 0.717) is 29.4 Å². The molecular weight excluding hydrogens is 436 g/mol. The van der Waals surface area contributed by atoms with Crippen molar-refractivity contribution in [2.45, 2.75) is 19.1 Å². The monoisotopic (exact) mass is 462 g/mol. The fourth-order valence-corrected chi connectivity index (χ4v) is 3.16. The van der Waals surface area contributed by atoms with Gasteiger partial charge in [0.1, 0.15) is 12.4 Å². The predicted octanol–water partition coefficient (Wildman–Crippen LogP) is 4.54. The van der Waals surface area contributed by atoms with Crippen LogP contribution in [0.1, 0.15) is 16.7 Å². The Bertz CT molecular complexity index is 1120. The van der Waals surface area contributed by atoms with Crippen molar-refractivity contribution in [2.24, 2.45) is 0 Å². The number of rotatable bonds is 11. The minimum Gasteiger partial charge on any atom is -0.493 e. The summed E-state index contributed by atoms with van der Waals surface area (Å²) in [5.74, 6) is -0.306. The molecule has 0 bridgehead atoms. The molecule has 0 fully saturated rings. The van der Waals surface area contributed by atoms with E-state index in [1.165, 1.54) is 20.3 Å². The number of esters is 1. The smallest absolute Gasteiger partial charge is 0.345 e. The predicted molar refractivity (Wildman–Crippen MR) is 127 cm³/mol. The Labute approximate surface area is 198 Å². The third-order valence-electron chi connectivity index (χ3n) is 4.94. The SMILES string of the molecule is COc1ccc(CC(OC(=O)/C=C/c2ccc(OCc3ccccc3)cc2)C(=O)O)cc1OC. The van der Waals surface area contributed by atoms with Gasteiger partial charge < -0.3 is 24.1 Å². The summed E-state index contributed by atoms with van der Waals surface area (Å²) in [4.78, 5) is 23.9. The van der Waals surface area contributed by atoms with E-state index < -0.39 is 18.0 Å². The van der Waals surface area contributed by atoms with E-state index in [4.69, 9.17) is 18.9 Å². The van der Waals surface area contributed by atoms with E-state index in [-0.39, 0.29) is 6.42 Å². The average Bonchev–Trinajstić information content (AvgIpc) is 2.87. The number of hydrogen-bond acceptors (Lipinski definition) is 6. The van der Waals surface area contributed by atoms with Gasteiger partial charge in [-0.3, -0.25) is 0 Å². The van der Waals surface area contributed by atoms with Gasteiger partial charge in [0.25, 0.3) is 0 Å². The molecule has 1 unspecified atom stereocenters. The molecule has 0 aliphatic carbocycles. The minimum atomic E-state index is -1.34. The van der Waals surface area contributed by atoms with E-state index in [1.807, 2.05) is 30.3 Å². The summed E-state index contributed by atoms with van der Waals surface area (Å²) >= 11 is 0. The van der Waals surface area contributed by atoms with Crippen molar-refractivity contribution in [3.05, 3.63) is 95.6 Å². The fourth-order valence-electron chi connectivity index (χ4n) is 3.16. The second kappa shape index (κ2) is 12.1. The number of carboxylic acid groups (broad SMARTS) is 1. The lowest BCUT2D eigenvalue weighted by Crippen LogP contribution is -2.28. The highest BCUT2D eigenvalue weighted by Gasteiger charge is 2.22. The van der Waals surface area contributed by atoms with Gasteiger partial charge in [0.05, 0.1) is 14.2 Å². The maximum atomic E-state index is 12.2. The molecule has 3 rings (SSSR count). The van der Waals surface area contributed by atoms with Gasteiger partial charge in [-0.25, -0.2) is 9.59 Å². The normalized spacial score (nSPS) is 11.6. The van der Waals surface area contributed by atoms with Crippen LogP contribution in [0, 0.1) is 0 Å². The number of carbonyl (C=O) groups excluding carboxylic acids is 1. The number of carboxylic acids is 1. The van der Waals surface area contributed by atoms with E-state index in [1.54, 1.807) is 48.5 Å². The molecule has 0 saturated carbocycles. The van der Waals surface area contributed by atoms with Crippen LogP contribution in [-0.4, -0.2) is 37.4 Å². The van der Waals surface area contributed by atoms with Gasteiger partial charge in [0.15, 0.2) is 11.5 Å². The first-order chi connectivity index (χ1) is 16.5. The molecule has 3 aromatic rings. The van der Waals surface area contributed by atoms with Gasteiger partial charge in [-0.1, -0.05) is 48.5 Å². The first kappa shape index (κ1) is 24.4. The Morgan fingerprint density at radius 2 is 1.59 bits per heavy atom.